The summed E-state index contributed by atoms with van der Waals surface area (Å²) >= 11 is 0. The highest BCUT2D eigenvalue weighted by atomic mass is 16.2. The lowest BCUT2D eigenvalue weighted by Crippen LogP contribution is -2.49. The van der Waals surface area contributed by atoms with Crippen LogP contribution in [0.4, 0.5) is 0 Å². The minimum absolute atomic E-state index is 0.0856. The first-order valence-corrected chi connectivity index (χ1v) is 9.31. The molecule has 0 radical (unpaired) electrons. The first-order chi connectivity index (χ1) is 12.7. The van der Waals surface area contributed by atoms with E-state index in [9.17, 15) is 9.59 Å². The summed E-state index contributed by atoms with van der Waals surface area (Å²) in [6.07, 6.45) is 1.84. The fourth-order valence-corrected chi connectivity index (χ4v) is 3.20. The van der Waals surface area contributed by atoms with Gasteiger partial charge in [-0.3, -0.25) is 14.5 Å². The number of aromatic nitrogens is 2. The molecule has 138 valence electrons. The Hall–Kier alpha value is -2.47. The summed E-state index contributed by atoms with van der Waals surface area (Å²) in [6.45, 7) is 6.65. The van der Waals surface area contributed by atoms with Crippen molar-refractivity contribution in [3.63, 3.8) is 0 Å². The van der Waals surface area contributed by atoms with Crippen LogP contribution >= 0.6 is 0 Å². The van der Waals surface area contributed by atoms with Crippen LogP contribution in [0, 0.1) is 0 Å². The van der Waals surface area contributed by atoms with Gasteiger partial charge in [0, 0.05) is 45.3 Å². The maximum atomic E-state index is 12.7. The minimum atomic E-state index is -0.158. The maximum absolute atomic E-state index is 12.7. The molecule has 1 aliphatic rings. The van der Waals surface area contributed by atoms with Gasteiger partial charge in [-0.1, -0.05) is 37.3 Å². The average molecular weight is 354 g/mol. The third-order valence-corrected chi connectivity index (χ3v) is 4.74. The molecule has 1 amide bonds. The van der Waals surface area contributed by atoms with Crippen molar-refractivity contribution in [2.24, 2.45) is 0 Å². The lowest BCUT2D eigenvalue weighted by atomic mass is 10.1. The lowest BCUT2D eigenvalue weighted by Gasteiger charge is -2.34. The van der Waals surface area contributed by atoms with Crippen molar-refractivity contribution in [1.29, 1.82) is 0 Å². The third kappa shape index (κ3) is 4.58. The predicted octanol–water partition coefficient (Wildman–Crippen LogP) is 1.65. The predicted molar refractivity (Wildman–Crippen MR) is 101 cm³/mol. The fraction of sp³-hybridized carbons (Fsp3) is 0.450. The van der Waals surface area contributed by atoms with E-state index in [1.165, 1.54) is 16.3 Å². The van der Waals surface area contributed by atoms with Crippen LogP contribution in [-0.4, -0.2) is 58.2 Å². The number of benzene rings is 1. The number of nitrogens with zero attached hydrogens (tertiary/aromatic N) is 4. The van der Waals surface area contributed by atoms with Crippen molar-refractivity contribution in [3.05, 3.63) is 64.1 Å². The van der Waals surface area contributed by atoms with Crippen LogP contribution in [0.1, 0.15) is 29.4 Å². The summed E-state index contributed by atoms with van der Waals surface area (Å²) in [4.78, 5) is 28.7. The van der Waals surface area contributed by atoms with Gasteiger partial charge in [0.2, 0.25) is 0 Å². The third-order valence-electron chi connectivity index (χ3n) is 4.74. The normalized spacial score (nSPS) is 15.2. The zero-order valence-electron chi connectivity index (χ0n) is 15.3. The van der Waals surface area contributed by atoms with E-state index in [1.807, 2.05) is 17.9 Å². The maximum Gasteiger partial charge on any atom is 0.274 e. The Morgan fingerprint density at radius 2 is 1.73 bits per heavy atom. The van der Waals surface area contributed by atoms with Gasteiger partial charge in [0.15, 0.2) is 0 Å². The van der Waals surface area contributed by atoms with Crippen molar-refractivity contribution in [2.45, 2.75) is 26.3 Å². The summed E-state index contributed by atoms with van der Waals surface area (Å²) in [6, 6.07) is 13.4. The number of rotatable bonds is 6. The second kappa shape index (κ2) is 8.76. The van der Waals surface area contributed by atoms with Crippen molar-refractivity contribution in [3.8, 4) is 0 Å². The van der Waals surface area contributed by atoms with E-state index in [0.717, 1.165) is 32.5 Å². The number of aryl methyl sites for hydroxylation is 1. The molecule has 0 N–H and O–H groups in total. The van der Waals surface area contributed by atoms with Gasteiger partial charge in [-0.15, -0.1) is 0 Å². The molecule has 1 saturated heterocycles. The highest BCUT2D eigenvalue weighted by Crippen LogP contribution is 2.08. The number of hydrogen-bond donors (Lipinski definition) is 0. The molecule has 2 aromatic rings. The van der Waals surface area contributed by atoms with Crippen molar-refractivity contribution in [2.75, 3.05) is 32.7 Å². The molecule has 6 nitrogen and oxygen atoms in total. The number of hydrogen-bond acceptors (Lipinski definition) is 4. The molecule has 0 atom stereocenters. The number of piperazine rings is 1. The Kier molecular flexibility index (Phi) is 6.17. The van der Waals surface area contributed by atoms with E-state index in [0.29, 0.717) is 25.3 Å². The molecule has 0 spiro atoms. The summed E-state index contributed by atoms with van der Waals surface area (Å²) < 4.78 is 1.38. The van der Waals surface area contributed by atoms with Gasteiger partial charge in [0.05, 0.1) is 0 Å². The van der Waals surface area contributed by atoms with Crippen LogP contribution in [0.15, 0.2) is 47.3 Å². The smallest absolute Gasteiger partial charge is 0.274 e. The number of amides is 1. The van der Waals surface area contributed by atoms with Crippen LogP contribution in [0.2, 0.25) is 0 Å². The Labute approximate surface area is 154 Å². The summed E-state index contributed by atoms with van der Waals surface area (Å²) in [5, 5.41) is 4.23. The molecule has 6 heteroatoms. The van der Waals surface area contributed by atoms with Gasteiger partial charge in [0.25, 0.3) is 11.5 Å². The van der Waals surface area contributed by atoms with Gasteiger partial charge >= 0.3 is 0 Å². The van der Waals surface area contributed by atoms with E-state index in [4.69, 9.17) is 0 Å². The van der Waals surface area contributed by atoms with Gasteiger partial charge < -0.3 is 4.90 Å². The van der Waals surface area contributed by atoms with Gasteiger partial charge in [0.1, 0.15) is 5.69 Å². The first kappa shape index (κ1) is 18.3. The highest BCUT2D eigenvalue weighted by molar-refractivity contribution is 5.92. The fourth-order valence-electron chi connectivity index (χ4n) is 3.20. The SMILES string of the molecule is CCCn1nc(C(=O)N2CCN(CCc3ccccc3)CC2)ccc1=O. The summed E-state index contributed by atoms with van der Waals surface area (Å²) in [5.74, 6) is -0.0856. The molecule has 26 heavy (non-hydrogen) atoms. The Balaban J connectivity index is 1.53. The molecule has 1 aliphatic heterocycles. The summed E-state index contributed by atoms with van der Waals surface area (Å²) in [5.41, 5.74) is 1.54. The average Bonchev–Trinajstić information content (AvgIpc) is 2.69. The lowest BCUT2D eigenvalue weighted by molar-refractivity contribution is 0.0630. The number of carbonyl (C=O) groups is 1. The Morgan fingerprint density at radius 3 is 2.42 bits per heavy atom. The molecular formula is C20H26N4O2. The molecule has 1 aromatic carbocycles. The zero-order valence-corrected chi connectivity index (χ0v) is 15.3. The van der Waals surface area contributed by atoms with Crippen LogP contribution in [0.5, 0.6) is 0 Å². The van der Waals surface area contributed by atoms with E-state index in [2.05, 4.69) is 34.3 Å². The molecule has 2 heterocycles. The zero-order chi connectivity index (χ0) is 18.4. The Morgan fingerprint density at radius 1 is 1.00 bits per heavy atom. The molecule has 0 bridgehead atoms. The quantitative estimate of drug-likeness (QED) is 0.792. The Bertz CT molecular complexity index is 780. The topological polar surface area (TPSA) is 58.4 Å². The molecule has 0 saturated carbocycles. The van der Waals surface area contributed by atoms with Crippen LogP contribution in [-0.2, 0) is 13.0 Å². The van der Waals surface area contributed by atoms with E-state index >= 15 is 0 Å². The molecule has 0 aliphatic carbocycles. The largest absolute Gasteiger partial charge is 0.335 e. The summed E-state index contributed by atoms with van der Waals surface area (Å²) in [7, 11) is 0. The van der Waals surface area contributed by atoms with Crippen LogP contribution in [0.3, 0.4) is 0 Å². The molecule has 3 rings (SSSR count). The van der Waals surface area contributed by atoms with Gasteiger partial charge in [-0.25, -0.2) is 4.68 Å². The first-order valence-electron chi connectivity index (χ1n) is 9.31. The van der Waals surface area contributed by atoms with Crippen molar-refractivity contribution in [1.82, 2.24) is 19.6 Å². The second-order valence-electron chi connectivity index (χ2n) is 6.65. The molecular weight excluding hydrogens is 328 g/mol. The van der Waals surface area contributed by atoms with Crippen LogP contribution < -0.4 is 5.56 Å². The number of carbonyl (C=O) groups excluding carboxylic acids is 1. The monoisotopic (exact) mass is 354 g/mol. The standard InChI is InChI=1S/C20H26N4O2/c1-2-11-24-19(25)9-8-18(21-24)20(26)23-15-13-22(14-16-23)12-10-17-6-4-3-5-7-17/h3-9H,2,10-16H2,1H3. The van der Waals surface area contributed by atoms with E-state index in [1.54, 1.807) is 6.07 Å². The van der Waals surface area contributed by atoms with E-state index in [-0.39, 0.29) is 11.5 Å². The van der Waals surface area contributed by atoms with Crippen LogP contribution in [0.25, 0.3) is 0 Å². The van der Waals surface area contributed by atoms with Crippen molar-refractivity contribution >= 4 is 5.91 Å². The molecule has 1 aromatic heterocycles. The van der Waals surface area contributed by atoms with Crippen molar-refractivity contribution < 1.29 is 4.79 Å². The second-order valence-corrected chi connectivity index (χ2v) is 6.65. The molecule has 1 fully saturated rings. The molecule has 0 unspecified atom stereocenters. The van der Waals surface area contributed by atoms with Gasteiger partial charge in [-0.05, 0) is 24.5 Å². The highest BCUT2D eigenvalue weighted by Gasteiger charge is 2.23. The minimum Gasteiger partial charge on any atom is -0.335 e. The van der Waals surface area contributed by atoms with E-state index < -0.39 is 0 Å². The van der Waals surface area contributed by atoms with Gasteiger partial charge in [-0.2, -0.15) is 5.10 Å².